The van der Waals surface area contributed by atoms with Crippen molar-refractivity contribution < 1.29 is 0 Å². The van der Waals surface area contributed by atoms with Gasteiger partial charge in [0.25, 0.3) is 5.56 Å². The molecule has 2 aromatic heterocycles. The van der Waals surface area contributed by atoms with Crippen LogP contribution in [0.5, 0.6) is 0 Å². The van der Waals surface area contributed by atoms with Crippen LogP contribution in [0.1, 0.15) is 23.3 Å². The number of nitrogens with zero attached hydrogens (tertiary/aromatic N) is 4. The summed E-state index contributed by atoms with van der Waals surface area (Å²) in [6.45, 7) is 2.48. The third-order valence-corrected chi connectivity index (χ3v) is 4.06. The summed E-state index contributed by atoms with van der Waals surface area (Å²) in [5.74, 6) is 0.580. The molecule has 0 saturated heterocycles. The fraction of sp³-hybridized carbons (Fsp3) is 0.455. The molecule has 0 spiro atoms. The van der Waals surface area contributed by atoms with Gasteiger partial charge in [-0.3, -0.25) is 4.79 Å². The molecule has 0 unspecified atom stereocenters. The highest BCUT2D eigenvalue weighted by Crippen LogP contribution is 2.30. The Bertz CT molecular complexity index is 690. The van der Waals surface area contributed by atoms with Gasteiger partial charge in [0, 0.05) is 11.4 Å². The van der Waals surface area contributed by atoms with Crippen molar-refractivity contribution in [2.24, 2.45) is 5.92 Å². The fourth-order valence-electron chi connectivity index (χ4n) is 1.83. The normalized spacial score (nSPS) is 15.1. The van der Waals surface area contributed by atoms with Crippen molar-refractivity contribution in [2.75, 3.05) is 0 Å². The first-order valence-electron chi connectivity index (χ1n) is 5.47. The molecule has 0 aromatic carbocycles. The predicted octanol–water partition coefficient (Wildman–Crippen LogP) is 1.44. The van der Waals surface area contributed by atoms with Crippen molar-refractivity contribution in [2.45, 2.75) is 26.3 Å². The van der Waals surface area contributed by atoms with Gasteiger partial charge in [0.05, 0.1) is 5.56 Å². The zero-order valence-corrected chi connectivity index (χ0v) is 10.1. The predicted molar refractivity (Wildman–Crippen MR) is 63.9 cm³/mol. The monoisotopic (exact) mass is 246 g/mol. The highest BCUT2D eigenvalue weighted by molar-refractivity contribution is 7.19. The van der Waals surface area contributed by atoms with E-state index in [1.165, 1.54) is 28.9 Å². The summed E-state index contributed by atoms with van der Waals surface area (Å²) in [4.78, 5) is 13.0. The molecule has 0 amide bonds. The van der Waals surface area contributed by atoms with Crippen LogP contribution >= 0.6 is 11.3 Å². The number of thiophene rings is 1. The molecule has 0 bridgehead atoms. The van der Waals surface area contributed by atoms with Crippen molar-refractivity contribution in [1.82, 2.24) is 15.0 Å². The Kier molecular flexibility index (Phi) is 2.23. The summed E-state index contributed by atoms with van der Waals surface area (Å²) in [7, 11) is 0. The molecule has 2 aromatic rings. The smallest absolute Gasteiger partial charge is 0.266 e. The Hall–Kier alpha value is -1.74. The van der Waals surface area contributed by atoms with Crippen molar-refractivity contribution >= 4 is 21.6 Å². The number of aromatic nitrogens is 3. The Morgan fingerprint density at radius 1 is 1.59 bits per heavy atom. The van der Waals surface area contributed by atoms with Crippen molar-refractivity contribution in [3.63, 3.8) is 0 Å². The fourth-order valence-corrected chi connectivity index (χ4v) is 2.81. The van der Waals surface area contributed by atoms with E-state index in [9.17, 15) is 4.79 Å². The van der Waals surface area contributed by atoms with Crippen LogP contribution in [-0.4, -0.2) is 15.0 Å². The number of rotatable bonds is 2. The molecular weight excluding hydrogens is 236 g/mol. The molecule has 1 fully saturated rings. The summed E-state index contributed by atoms with van der Waals surface area (Å²) < 4.78 is 1.98. The number of fused-ring (bicyclic) bond motifs is 1. The number of nitriles is 1. The summed E-state index contributed by atoms with van der Waals surface area (Å²) in [5.41, 5.74) is 0.816. The average Bonchev–Trinajstić information content (AvgIpc) is 3.05. The molecule has 0 aliphatic heterocycles. The second-order valence-corrected chi connectivity index (χ2v) is 5.57. The van der Waals surface area contributed by atoms with E-state index in [1.807, 2.05) is 6.92 Å². The van der Waals surface area contributed by atoms with Crippen LogP contribution in [0.3, 0.4) is 0 Å². The zero-order chi connectivity index (χ0) is 12.0. The lowest BCUT2D eigenvalue weighted by molar-refractivity contribution is 0.512. The van der Waals surface area contributed by atoms with Gasteiger partial charge in [-0.25, -0.2) is 4.68 Å². The van der Waals surface area contributed by atoms with E-state index in [2.05, 4.69) is 16.4 Å². The molecule has 1 aliphatic rings. The van der Waals surface area contributed by atoms with Gasteiger partial charge in [-0.05, 0) is 25.7 Å². The van der Waals surface area contributed by atoms with Crippen LogP contribution in [0.4, 0.5) is 0 Å². The molecule has 2 heterocycles. The van der Waals surface area contributed by atoms with E-state index in [-0.39, 0.29) is 5.56 Å². The molecule has 0 radical (unpaired) electrons. The minimum Gasteiger partial charge on any atom is -0.266 e. The first-order chi connectivity index (χ1) is 8.20. The van der Waals surface area contributed by atoms with E-state index in [0.717, 1.165) is 4.88 Å². The Morgan fingerprint density at radius 2 is 2.35 bits per heavy atom. The molecule has 17 heavy (non-hydrogen) atoms. The van der Waals surface area contributed by atoms with Gasteiger partial charge in [0.15, 0.2) is 0 Å². The second-order valence-electron chi connectivity index (χ2n) is 4.34. The third kappa shape index (κ3) is 1.63. The van der Waals surface area contributed by atoms with E-state index in [1.54, 1.807) is 0 Å². The molecule has 6 heteroatoms. The minimum absolute atomic E-state index is 0.114. The largest absolute Gasteiger partial charge is 0.287 e. The maximum atomic E-state index is 12.1. The third-order valence-electron chi connectivity index (χ3n) is 2.98. The van der Waals surface area contributed by atoms with Crippen LogP contribution in [0.25, 0.3) is 10.2 Å². The van der Waals surface area contributed by atoms with E-state index >= 15 is 0 Å². The van der Waals surface area contributed by atoms with E-state index < -0.39 is 0 Å². The first-order valence-corrected chi connectivity index (χ1v) is 6.29. The van der Waals surface area contributed by atoms with Crippen LogP contribution in [0, 0.1) is 24.2 Å². The van der Waals surface area contributed by atoms with E-state index in [0.29, 0.717) is 28.2 Å². The maximum absolute atomic E-state index is 12.1. The van der Waals surface area contributed by atoms with Gasteiger partial charge >= 0.3 is 0 Å². The molecule has 1 aliphatic carbocycles. The van der Waals surface area contributed by atoms with Gasteiger partial charge in [-0.1, -0.05) is 5.21 Å². The molecular formula is C11H10N4OS. The molecule has 86 valence electrons. The number of hydrogen-bond acceptors (Lipinski definition) is 5. The number of aryl methyl sites for hydroxylation is 1. The van der Waals surface area contributed by atoms with Gasteiger partial charge in [0.2, 0.25) is 0 Å². The van der Waals surface area contributed by atoms with Crippen LogP contribution < -0.4 is 5.56 Å². The topological polar surface area (TPSA) is 71.6 Å². The average molecular weight is 246 g/mol. The summed E-state index contributed by atoms with van der Waals surface area (Å²) in [6.07, 6.45) is 2.33. The summed E-state index contributed by atoms with van der Waals surface area (Å²) in [6, 6.07) is 2.08. The summed E-state index contributed by atoms with van der Waals surface area (Å²) in [5, 5.41) is 16.9. The van der Waals surface area contributed by atoms with Gasteiger partial charge < -0.3 is 0 Å². The summed E-state index contributed by atoms with van der Waals surface area (Å²) >= 11 is 1.33. The van der Waals surface area contributed by atoms with Crippen molar-refractivity contribution in [3.05, 3.63) is 20.8 Å². The molecule has 0 atom stereocenters. The SMILES string of the molecule is Cc1sc2c(=O)n(CC3CC3)nnc2c1C#N. The maximum Gasteiger partial charge on any atom is 0.287 e. The van der Waals surface area contributed by atoms with Crippen molar-refractivity contribution in [3.8, 4) is 6.07 Å². The second kappa shape index (κ2) is 3.64. The molecule has 0 N–H and O–H groups in total. The zero-order valence-electron chi connectivity index (χ0n) is 9.30. The lowest BCUT2D eigenvalue weighted by atomic mass is 10.2. The Labute approximate surface area is 101 Å². The quantitative estimate of drug-likeness (QED) is 0.803. The first kappa shape index (κ1) is 10.4. The molecule has 1 saturated carbocycles. The lowest BCUT2D eigenvalue weighted by Crippen LogP contribution is -2.24. The molecule has 5 nitrogen and oxygen atoms in total. The van der Waals surface area contributed by atoms with Gasteiger partial charge in [-0.15, -0.1) is 16.4 Å². The molecule has 3 rings (SSSR count). The highest BCUT2D eigenvalue weighted by atomic mass is 32.1. The lowest BCUT2D eigenvalue weighted by Gasteiger charge is -2.00. The van der Waals surface area contributed by atoms with Crippen molar-refractivity contribution in [1.29, 1.82) is 5.26 Å². The van der Waals surface area contributed by atoms with Gasteiger partial charge in [0.1, 0.15) is 16.3 Å². The standard InChI is InChI=1S/C11H10N4OS/c1-6-8(4-12)9-10(17-6)11(16)15(14-13-9)5-7-2-3-7/h7H,2-3,5H2,1H3. The van der Waals surface area contributed by atoms with Crippen LogP contribution in [-0.2, 0) is 6.54 Å². The highest BCUT2D eigenvalue weighted by Gasteiger charge is 2.24. The Balaban J connectivity index is 2.21. The van der Waals surface area contributed by atoms with Gasteiger partial charge in [-0.2, -0.15) is 5.26 Å². The number of hydrogen-bond donors (Lipinski definition) is 0. The van der Waals surface area contributed by atoms with Crippen LogP contribution in [0.2, 0.25) is 0 Å². The minimum atomic E-state index is -0.114. The Morgan fingerprint density at radius 3 is 3.00 bits per heavy atom. The van der Waals surface area contributed by atoms with Crippen LogP contribution in [0.15, 0.2) is 4.79 Å². The van der Waals surface area contributed by atoms with E-state index in [4.69, 9.17) is 5.26 Å².